The number of carbonyl (C=O) groups is 2. The minimum Gasteiger partial charge on any atom is -0.497 e. The summed E-state index contributed by atoms with van der Waals surface area (Å²) < 4.78 is 53.5. The van der Waals surface area contributed by atoms with Gasteiger partial charge < -0.3 is 19.7 Å². The summed E-state index contributed by atoms with van der Waals surface area (Å²) in [7, 11) is -2.73. The Morgan fingerprint density at radius 1 is 0.932 bits per heavy atom. The van der Waals surface area contributed by atoms with Crippen LogP contribution in [0.15, 0.2) is 77.7 Å². The molecule has 3 aromatic rings. The van der Waals surface area contributed by atoms with Crippen molar-refractivity contribution in [3.05, 3.63) is 84.2 Å². The molecular weight excluding hydrogens is 585 g/mol. The van der Waals surface area contributed by atoms with Gasteiger partial charge in [-0.1, -0.05) is 31.9 Å². The van der Waals surface area contributed by atoms with Crippen molar-refractivity contribution >= 4 is 27.5 Å². The summed E-state index contributed by atoms with van der Waals surface area (Å²) in [6, 6.07) is 17.1. The number of anilines is 1. The third kappa shape index (κ3) is 8.07. The van der Waals surface area contributed by atoms with Crippen LogP contribution in [0.5, 0.6) is 11.5 Å². The molecular formula is C33H40FN3O6S. The molecule has 0 spiro atoms. The first kappa shape index (κ1) is 32.8. The number of nitrogens with one attached hydrogen (secondary N) is 1. The van der Waals surface area contributed by atoms with E-state index in [2.05, 4.69) is 5.32 Å². The number of carbonyl (C=O) groups excluding carboxylic acids is 2. The average Bonchev–Trinajstić information content (AvgIpc) is 3.54. The number of sulfonamides is 1. The molecule has 1 atom stereocenters. The molecule has 2 amide bonds. The third-order valence-electron chi connectivity index (χ3n) is 7.72. The lowest BCUT2D eigenvalue weighted by Gasteiger charge is -2.33. The fourth-order valence-electron chi connectivity index (χ4n) is 5.35. The second-order valence-corrected chi connectivity index (χ2v) is 12.5. The molecule has 0 radical (unpaired) electrons. The number of rotatable bonds is 14. The van der Waals surface area contributed by atoms with Crippen LogP contribution in [-0.4, -0.2) is 57.5 Å². The molecule has 11 heteroatoms. The molecule has 236 valence electrons. The Labute approximate surface area is 259 Å². The van der Waals surface area contributed by atoms with Crippen LogP contribution in [0.25, 0.3) is 0 Å². The van der Waals surface area contributed by atoms with E-state index in [-0.39, 0.29) is 29.1 Å². The minimum atomic E-state index is -4.29. The molecule has 0 saturated heterocycles. The van der Waals surface area contributed by atoms with Gasteiger partial charge in [0.1, 0.15) is 29.9 Å². The largest absolute Gasteiger partial charge is 0.497 e. The predicted molar refractivity (Wildman–Crippen MR) is 167 cm³/mol. The van der Waals surface area contributed by atoms with E-state index in [9.17, 15) is 22.4 Å². The van der Waals surface area contributed by atoms with E-state index in [1.54, 1.807) is 31.4 Å². The van der Waals surface area contributed by atoms with Gasteiger partial charge >= 0.3 is 0 Å². The lowest BCUT2D eigenvalue weighted by molar-refractivity contribution is -0.140. The number of nitrogens with zero attached hydrogens (tertiary/aromatic N) is 2. The fourth-order valence-corrected chi connectivity index (χ4v) is 6.77. The quantitative estimate of drug-likeness (QED) is 0.261. The summed E-state index contributed by atoms with van der Waals surface area (Å²) in [6.07, 6.45) is 4.15. The highest BCUT2D eigenvalue weighted by atomic mass is 32.2. The average molecular weight is 626 g/mol. The first-order chi connectivity index (χ1) is 21.2. The summed E-state index contributed by atoms with van der Waals surface area (Å²) in [5.74, 6) is -0.256. The molecule has 1 saturated carbocycles. The van der Waals surface area contributed by atoms with Crippen LogP contribution in [0.1, 0.15) is 51.5 Å². The second-order valence-electron chi connectivity index (χ2n) is 10.7. The van der Waals surface area contributed by atoms with Crippen LogP contribution in [0.3, 0.4) is 0 Å². The summed E-state index contributed by atoms with van der Waals surface area (Å²) in [6.45, 7) is 3.52. The lowest BCUT2D eigenvalue weighted by Crippen LogP contribution is -2.53. The van der Waals surface area contributed by atoms with Crippen LogP contribution in [0.4, 0.5) is 10.1 Å². The SMILES string of the molecule is CCOc1ccc(S(=O)(=O)N(CC(=O)N(Cc2ccc(OC)cc2)C(CC)C(=O)NC2CCCC2)c2ccc(F)cc2)cc1. The molecule has 0 aliphatic heterocycles. The molecule has 44 heavy (non-hydrogen) atoms. The lowest BCUT2D eigenvalue weighted by atomic mass is 10.1. The highest BCUT2D eigenvalue weighted by Gasteiger charge is 2.34. The first-order valence-corrected chi connectivity index (χ1v) is 16.3. The number of halogens is 1. The van der Waals surface area contributed by atoms with E-state index in [4.69, 9.17) is 9.47 Å². The molecule has 0 bridgehead atoms. The van der Waals surface area contributed by atoms with E-state index in [0.717, 1.165) is 47.7 Å². The molecule has 0 heterocycles. The van der Waals surface area contributed by atoms with E-state index in [0.29, 0.717) is 24.5 Å². The van der Waals surface area contributed by atoms with E-state index < -0.39 is 34.3 Å². The molecule has 1 N–H and O–H groups in total. The van der Waals surface area contributed by atoms with Gasteiger partial charge in [-0.05, 0) is 92.4 Å². The van der Waals surface area contributed by atoms with Crippen molar-refractivity contribution in [1.29, 1.82) is 0 Å². The van der Waals surface area contributed by atoms with Gasteiger partial charge in [0, 0.05) is 12.6 Å². The number of amides is 2. The van der Waals surface area contributed by atoms with Gasteiger partial charge in [-0.3, -0.25) is 13.9 Å². The Morgan fingerprint density at radius 2 is 1.55 bits per heavy atom. The van der Waals surface area contributed by atoms with Crippen molar-refractivity contribution < 1.29 is 31.9 Å². The fraction of sp³-hybridized carbons (Fsp3) is 0.394. The monoisotopic (exact) mass is 625 g/mol. The van der Waals surface area contributed by atoms with Crippen molar-refractivity contribution in [3.63, 3.8) is 0 Å². The van der Waals surface area contributed by atoms with Crippen LogP contribution in [0, 0.1) is 5.82 Å². The smallest absolute Gasteiger partial charge is 0.264 e. The topological polar surface area (TPSA) is 105 Å². The highest BCUT2D eigenvalue weighted by Crippen LogP contribution is 2.27. The Bertz CT molecular complexity index is 1490. The standard InChI is InChI=1S/C33H40FN3O6S/c1-4-31(33(39)35-26-8-6-7-9-26)36(22-24-10-16-28(42-3)17-11-24)32(38)23-37(27-14-12-25(34)13-15-27)44(40,41)30-20-18-29(19-21-30)43-5-2/h10-21,26,31H,4-9,22-23H2,1-3H3,(H,35,39). The summed E-state index contributed by atoms with van der Waals surface area (Å²) in [4.78, 5) is 29.1. The highest BCUT2D eigenvalue weighted by molar-refractivity contribution is 7.92. The van der Waals surface area contributed by atoms with Gasteiger partial charge in [0.15, 0.2) is 0 Å². The normalized spacial score (nSPS) is 14.1. The zero-order valence-electron chi connectivity index (χ0n) is 25.4. The third-order valence-corrected chi connectivity index (χ3v) is 9.50. The zero-order chi connectivity index (χ0) is 31.7. The maximum Gasteiger partial charge on any atom is 0.264 e. The Morgan fingerprint density at radius 3 is 2.11 bits per heavy atom. The van der Waals surface area contributed by atoms with Gasteiger partial charge in [-0.15, -0.1) is 0 Å². The van der Waals surface area contributed by atoms with Crippen LogP contribution >= 0.6 is 0 Å². The number of benzene rings is 3. The molecule has 1 fully saturated rings. The molecule has 9 nitrogen and oxygen atoms in total. The molecule has 1 aliphatic rings. The summed E-state index contributed by atoms with van der Waals surface area (Å²) in [5.41, 5.74) is 0.857. The van der Waals surface area contributed by atoms with Crippen molar-refractivity contribution in [3.8, 4) is 11.5 Å². The predicted octanol–water partition coefficient (Wildman–Crippen LogP) is 5.29. The van der Waals surface area contributed by atoms with Crippen LogP contribution in [0.2, 0.25) is 0 Å². The molecule has 3 aromatic carbocycles. The molecule has 4 rings (SSSR count). The second kappa shape index (κ2) is 15.1. The molecule has 1 aliphatic carbocycles. The van der Waals surface area contributed by atoms with E-state index in [1.165, 1.54) is 41.3 Å². The number of hydrogen-bond acceptors (Lipinski definition) is 6. The first-order valence-electron chi connectivity index (χ1n) is 14.9. The molecule has 1 unspecified atom stereocenters. The van der Waals surface area contributed by atoms with Crippen molar-refractivity contribution in [2.24, 2.45) is 0 Å². The van der Waals surface area contributed by atoms with Crippen molar-refractivity contribution in [1.82, 2.24) is 10.2 Å². The Kier molecular flexibility index (Phi) is 11.2. The Balaban J connectivity index is 1.70. The maximum absolute atomic E-state index is 14.2. The van der Waals surface area contributed by atoms with E-state index >= 15 is 0 Å². The number of hydrogen-bond donors (Lipinski definition) is 1. The number of ether oxygens (including phenoxy) is 2. The number of methoxy groups -OCH3 is 1. The van der Waals surface area contributed by atoms with Gasteiger partial charge in [-0.25, -0.2) is 12.8 Å². The van der Waals surface area contributed by atoms with Gasteiger partial charge in [-0.2, -0.15) is 0 Å². The summed E-state index contributed by atoms with van der Waals surface area (Å²) in [5, 5.41) is 3.09. The minimum absolute atomic E-state index is 0.0465. The van der Waals surface area contributed by atoms with Gasteiger partial charge in [0.2, 0.25) is 11.8 Å². The van der Waals surface area contributed by atoms with Crippen LogP contribution < -0.4 is 19.1 Å². The zero-order valence-corrected chi connectivity index (χ0v) is 26.2. The van der Waals surface area contributed by atoms with Gasteiger partial charge in [0.05, 0.1) is 24.3 Å². The summed E-state index contributed by atoms with van der Waals surface area (Å²) >= 11 is 0. The van der Waals surface area contributed by atoms with Crippen molar-refractivity contribution in [2.75, 3.05) is 24.6 Å². The van der Waals surface area contributed by atoms with E-state index in [1.807, 2.05) is 13.8 Å². The maximum atomic E-state index is 14.2. The van der Waals surface area contributed by atoms with Gasteiger partial charge in [0.25, 0.3) is 10.0 Å². The van der Waals surface area contributed by atoms with Crippen molar-refractivity contribution in [2.45, 2.75) is 69.5 Å². The van der Waals surface area contributed by atoms with Crippen LogP contribution in [-0.2, 0) is 26.2 Å². The Hall–Kier alpha value is -4.12. The molecule has 0 aromatic heterocycles.